The Bertz CT molecular complexity index is 1110. The summed E-state index contributed by atoms with van der Waals surface area (Å²) in [6, 6.07) is 14.2. The number of thioether (sulfide) groups is 1. The second-order valence-electron chi connectivity index (χ2n) is 6.28. The van der Waals surface area contributed by atoms with Crippen molar-refractivity contribution in [1.29, 1.82) is 0 Å². The number of anilines is 1. The highest BCUT2D eigenvalue weighted by Gasteiger charge is 2.10. The first-order valence-corrected chi connectivity index (χ1v) is 9.76. The third kappa shape index (κ3) is 5.86. The molecule has 8 heteroatoms. The topological polar surface area (TPSA) is 91.9 Å². The zero-order valence-corrected chi connectivity index (χ0v) is 16.4. The van der Waals surface area contributed by atoms with Crippen molar-refractivity contribution in [3.63, 3.8) is 0 Å². The summed E-state index contributed by atoms with van der Waals surface area (Å²) >= 11 is 1.18. The maximum Gasteiger partial charge on any atom is 0.251 e. The van der Waals surface area contributed by atoms with Gasteiger partial charge in [-0.1, -0.05) is 42.1 Å². The molecular formula is C21H18FN3O3S. The van der Waals surface area contributed by atoms with Gasteiger partial charge in [0.25, 0.3) is 5.56 Å². The summed E-state index contributed by atoms with van der Waals surface area (Å²) in [5.74, 6) is -0.503. The van der Waals surface area contributed by atoms with Gasteiger partial charge in [-0.25, -0.2) is 9.37 Å². The highest BCUT2D eigenvalue weighted by molar-refractivity contribution is 7.98. The second kappa shape index (κ2) is 9.29. The Morgan fingerprint density at radius 1 is 1.14 bits per heavy atom. The van der Waals surface area contributed by atoms with Crippen LogP contribution in [-0.4, -0.2) is 21.7 Å². The number of rotatable bonds is 7. The molecule has 0 saturated carbocycles. The Morgan fingerprint density at radius 3 is 2.69 bits per heavy atom. The van der Waals surface area contributed by atoms with Crippen LogP contribution >= 0.6 is 11.8 Å². The summed E-state index contributed by atoms with van der Waals surface area (Å²) in [5, 5.41) is 3.00. The number of hydrogen-bond acceptors (Lipinski definition) is 5. The molecule has 0 bridgehead atoms. The van der Waals surface area contributed by atoms with Crippen molar-refractivity contribution in [1.82, 2.24) is 9.97 Å². The summed E-state index contributed by atoms with van der Waals surface area (Å²) in [4.78, 5) is 42.5. The van der Waals surface area contributed by atoms with Crippen LogP contribution in [-0.2, 0) is 17.0 Å². The van der Waals surface area contributed by atoms with Gasteiger partial charge in [-0.2, -0.15) is 0 Å². The van der Waals surface area contributed by atoms with Crippen LogP contribution < -0.4 is 10.9 Å². The minimum atomic E-state index is -0.391. The monoisotopic (exact) mass is 411 g/mol. The SMILES string of the molecule is CC(=O)c1cccc(NC(=O)Cc2cc(=O)[nH]c(SCc3ccccc3F)n2)c1. The number of halogens is 1. The number of ketones is 1. The van der Waals surface area contributed by atoms with E-state index in [0.717, 1.165) is 0 Å². The Morgan fingerprint density at radius 2 is 1.93 bits per heavy atom. The lowest BCUT2D eigenvalue weighted by Crippen LogP contribution is -2.18. The quantitative estimate of drug-likeness (QED) is 0.352. The lowest BCUT2D eigenvalue weighted by Gasteiger charge is -2.07. The van der Waals surface area contributed by atoms with Crippen molar-refractivity contribution in [3.05, 3.63) is 87.6 Å². The first-order chi connectivity index (χ1) is 13.9. The molecular weight excluding hydrogens is 393 g/mol. The summed E-state index contributed by atoms with van der Waals surface area (Å²) in [6.07, 6.45) is -0.110. The minimum Gasteiger partial charge on any atom is -0.326 e. The van der Waals surface area contributed by atoms with E-state index in [-0.39, 0.29) is 23.9 Å². The smallest absolute Gasteiger partial charge is 0.251 e. The highest BCUT2D eigenvalue weighted by atomic mass is 32.2. The summed E-state index contributed by atoms with van der Waals surface area (Å²) in [7, 11) is 0. The zero-order valence-electron chi connectivity index (χ0n) is 15.6. The lowest BCUT2D eigenvalue weighted by atomic mass is 10.1. The standard InChI is InChI=1S/C21H18FN3O3S/c1-13(26)14-6-4-7-16(9-14)23-19(27)10-17-11-20(28)25-21(24-17)29-12-15-5-2-3-8-18(15)22/h2-9,11H,10,12H2,1H3,(H,23,27)(H,24,25,28). The van der Waals surface area contributed by atoms with E-state index in [4.69, 9.17) is 0 Å². The molecule has 0 aliphatic heterocycles. The molecule has 1 amide bonds. The molecule has 3 aromatic rings. The molecule has 0 fully saturated rings. The minimum absolute atomic E-state index is 0.103. The fourth-order valence-corrected chi connectivity index (χ4v) is 3.47. The third-order valence-corrected chi connectivity index (χ3v) is 4.91. The molecule has 6 nitrogen and oxygen atoms in total. The second-order valence-corrected chi connectivity index (χ2v) is 7.25. The van der Waals surface area contributed by atoms with Crippen LogP contribution in [0.15, 0.2) is 64.5 Å². The molecule has 2 aromatic carbocycles. The van der Waals surface area contributed by atoms with Gasteiger partial charge in [0, 0.05) is 23.1 Å². The number of nitrogens with zero attached hydrogens (tertiary/aromatic N) is 1. The Balaban J connectivity index is 1.67. The summed E-state index contributed by atoms with van der Waals surface area (Å²) < 4.78 is 13.7. The molecule has 0 aliphatic carbocycles. The van der Waals surface area contributed by atoms with Crippen LogP contribution in [0.2, 0.25) is 0 Å². The van der Waals surface area contributed by atoms with E-state index in [0.29, 0.717) is 33.4 Å². The summed E-state index contributed by atoms with van der Waals surface area (Å²) in [5.41, 5.74) is 1.38. The van der Waals surface area contributed by atoms with Gasteiger partial charge < -0.3 is 10.3 Å². The number of benzene rings is 2. The molecule has 0 unspecified atom stereocenters. The number of H-pyrrole nitrogens is 1. The van der Waals surface area contributed by atoms with E-state index in [1.54, 1.807) is 42.5 Å². The largest absolute Gasteiger partial charge is 0.326 e. The molecule has 0 radical (unpaired) electrons. The van der Waals surface area contributed by atoms with E-state index >= 15 is 0 Å². The molecule has 2 N–H and O–H groups in total. The third-order valence-electron chi connectivity index (χ3n) is 3.99. The van der Waals surface area contributed by atoms with Crippen molar-refractivity contribution in [2.75, 3.05) is 5.32 Å². The van der Waals surface area contributed by atoms with Gasteiger partial charge in [0.1, 0.15) is 5.82 Å². The van der Waals surface area contributed by atoms with Crippen molar-refractivity contribution in [2.24, 2.45) is 0 Å². The fourth-order valence-electron chi connectivity index (χ4n) is 2.59. The highest BCUT2D eigenvalue weighted by Crippen LogP contribution is 2.20. The molecule has 0 spiro atoms. The van der Waals surface area contributed by atoms with E-state index in [9.17, 15) is 18.8 Å². The number of amides is 1. The average Bonchev–Trinajstić information content (AvgIpc) is 2.67. The van der Waals surface area contributed by atoms with Gasteiger partial charge >= 0.3 is 0 Å². The Kier molecular flexibility index (Phi) is 6.56. The van der Waals surface area contributed by atoms with E-state index in [1.807, 2.05) is 0 Å². The fraction of sp³-hybridized carbons (Fsp3) is 0.143. The van der Waals surface area contributed by atoms with Gasteiger partial charge in [0.15, 0.2) is 10.9 Å². The van der Waals surface area contributed by atoms with Gasteiger partial charge in [-0.3, -0.25) is 14.4 Å². The summed E-state index contributed by atoms with van der Waals surface area (Å²) in [6.45, 7) is 1.45. The van der Waals surface area contributed by atoms with E-state index < -0.39 is 5.56 Å². The predicted octanol–water partition coefficient (Wildman–Crippen LogP) is 3.59. The molecule has 29 heavy (non-hydrogen) atoms. The maximum absolute atomic E-state index is 13.7. The Labute approximate surface area is 170 Å². The first kappa shape index (κ1) is 20.5. The van der Waals surface area contributed by atoms with Crippen LogP contribution in [0.4, 0.5) is 10.1 Å². The van der Waals surface area contributed by atoms with Crippen molar-refractivity contribution in [3.8, 4) is 0 Å². The number of nitrogens with one attached hydrogen (secondary N) is 2. The number of carbonyl (C=O) groups excluding carboxylic acids is 2. The molecule has 0 saturated heterocycles. The molecule has 148 valence electrons. The first-order valence-electron chi connectivity index (χ1n) is 8.78. The van der Waals surface area contributed by atoms with Crippen LogP contribution in [0.5, 0.6) is 0 Å². The Hall–Kier alpha value is -3.26. The number of aromatic nitrogens is 2. The maximum atomic E-state index is 13.7. The molecule has 3 rings (SSSR count). The number of hydrogen-bond donors (Lipinski definition) is 2. The molecule has 0 atom stereocenters. The number of aromatic amines is 1. The van der Waals surface area contributed by atoms with Crippen molar-refractivity contribution >= 4 is 29.1 Å². The van der Waals surface area contributed by atoms with Crippen LogP contribution in [0, 0.1) is 5.82 Å². The van der Waals surface area contributed by atoms with Crippen LogP contribution in [0.1, 0.15) is 28.5 Å². The van der Waals surface area contributed by atoms with Crippen LogP contribution in [0.3, 0.4) is 0 Å². The van der Waals surface area contributed by atoms with Crippen LogP contribution in [0.25, 0.3) is 0 Å². The zero-order chi connectivity index (χ0) is 20.8. The van der Waals surface area contributed by atoms with E-state index in [1.165, 1.54) is 30.8 Å². The number of carbonyl (C=O) groups is 2. The molecule has 1 aromatic heterocycles. The van der Waals surface area contributed by atoms with Gasteiger partial charge in [-0.05, 0) is 30.7 Å². The van der Waals surface area contributed by atoms with E-state index in [2.05, 4.69) is 15.3 Å². The molecule has 1 heterocycles. The van der Waals surface area contributed by atoms with Gasteiger partial charge in [0.2, 0.25) is 5.91 Å². The van der Waals surface area contributed by atoms with Crippen molar-refractivity contribution in [2.45, 2.75) is 24.3 Å². The van der Waals surface area contributed by atoms with Crippen molar-refractivity contribution < 1.29 is 14.0 Å². The normalized spacial score (nSPS) is 10.6. The molecule has 0 aliphatic rings. The van der Waals surface area contributed by atoms with Gasteiger partial charge in [-0.15, -0.1) is 0 Å². The average molecular weight is 411 g/mol. The number of Topliss-reactive ketones (excluding diaryl/α,β-unsaturated/α-hetero) is 1. The lowest BCUT2D eigenvalue weighted by molar-refractivity contribution is -0.115. The predicted molar refractivity (Wildman–Crippen MR) is 110 cm³/mol. The van der Waals surface area contributed by atoms with Gasteiger partial charge in [0.05, 0.1) is 12.1 Å².